The lowest BCUT2D eigenvalue weighted by Gasteiger charge is -2.54. The summed E-state index contributed by atoms with van der Waals surface area (Å²) in [4.78, 5) is 16.8. The van der Waals surface area contributed by atoms with E-state index in [0.717, 1.165) is 60.6 Å². The summed E-state index contributed by atoms with van der Waals surface area (Å²) >= 11 is 9.36. The van der Waals surface area contributed by atoms with Crippen LogP contribution in [0.4, 0.5) is 0 Å². The van der Waals surface area contributed by atoms with E-state index in [-0.39, 0.29) is 5.91 Å². The van der Waals surface area contributed by atoms with Gasteiger partial charge in [-0.2, -0.15) is 0 Å². The van der Waals surface area contributed by atoms with Crippen LogP contribution in [0.2, 0.25) is 5.02 Å². The second-order valence-corrected chi connectivity index (χ2v) is 9.17. The summed E-state index contributed by atoms with van der Waals surface area (Å²) in [6.07, 6.45) is 2.13. The molecule has 1 amide bonds. The van der Waals surface area contributed by atoms with E-state index < -0.39 is 0 Å². The molecule has 0 aliphatic carbocycles. The van der Waals surface area contributed by atoms with Crippen LogP contribution in [-0.4, -0.2) is 41.9 Å². The molecule has 2 fully saturated rings. The fourth-order valence-corrected chi connectivity index (χ4v) is 4.49. The SMILES string of the molecule is O=C(C#Cc1ccc(Br)cc1)N1CCC2(CC1)CN(Cc1ccc(Cl)cc1)C2. The molecule has 5 heteroatoms. The van der Waals surface area contributed by atoms with Crippen LogP contribution in [0, 0.1) is 17.3 Å². The quantitative estimate of drug-likeness (QED) is 0.616. The van der Waals surface area contributed by atoms with E-state index >= 15 is 0 Å². The van der Waals surface area contributed by atoms with Crippen LogP contribution in [0.3, 0.4) is 0 Å². The van der Waals surface area contributed by atoms with Crippen molar-refractivity contribution in [1.82, 2.24) is 9.80 Å². The molecule has 0 atom stereocenters. The van der Waals surface area contributed by atoms with Crippen molar-refractivity contribution in [2.24, 2.45) is 5.41 Å². The molecule has 2 aliphatic rings. The number of benzene rings is 2. The molecule has 0 bridgehead atoms. The van der Waals surface area contributed by atoms with E-state index in [0.29, 0.717) is 5.41 Å². The molecule has 0 N–H and O–H groups in total. The van der Waals surface area contributed by atoms with Gasteiger partial charge >= 0.3 is 0 Å². The van der Waals surface area contributed by atoms with Crippen LogP contribution in [0.25, 0.3) is 0 Å². The van der Waals surface area contributed by atoms with Gasteiger partial charge in [0.05, 0.1) is 0 Å². The summed E-state index contributed by atoms with van der Waals surface area (Å²) < 4.78 is 1.01. The Bertz CT molecular complexity index is 898. The Morgan fingerprint density at radius 3 is 2.32 bits per heavy atom. The Hall–Kier alpha value is -1.80. The molecule has 2 aliphatic heterocycles. The number of amides is 1. The molecular weight excluding hydrogens is 436 g/mol. The fourth-order valence-electron chi connectivity index (χ4n) is 4.10. The Labute approximate surface area is 179 Å². The molecule has 4 rings (SSSR count). The van der Waals surface area contributed by atoms with E-state index in [1.165, 1.54) is 5.56 Å². The summed E-state index contributed by atoms with van der Waals surface area (Å²) in [6.45, 7) is 4.82. The monoisotopic (exact) mass is 456 g/mol. The van der Waals surface area contributed by atoms with Crippen molar-refractivity contribution in [2.75, 3.05) is 26.2 Å². The number of hydrogen-bond donors (Lipinski definition) is 0. The molecule has 2 heterocycles. The number of likely N-dealkylation sites (tertiary alicyclic amines) is 2. The number of piperidine rings is 1. The third-order valence-corrected chi connectivity index (χ3v) is 6.49. The Balaban J connectivity index is 1.25. The second-order valence-electron chi connectivity index (χ2n) is 7.82. The first-order chi connectivity index (χ1) is 13.5. The van der Waals surface area contributed by atoms with Crippen LogP contribution < -0.4 is 0 Å². The summed E-state index contributed by atoms with van der Waals surface area (Å²) in [5.41, 5.74) is 2.54. The highest BCUT2D eigenvalue weighted by atomic mass is 79.9. The summed E-state index contributed by atoms with van der Waals surface area (Å²) in [7, 11) is 0. The zero-order valence-electron chi connectivity index (χ0n) is 15.6. The molecule has 0 radical (unpaired) electrons. The maximum absolute atomic E-state index is 12.4. The minimum absolute atomic E-state index is 0.0601. The highest BCUT2D eigenvalue weighted by molar-refractivity contribution is 9.10. The minimum atomic E-state index is -0.0601. The third kappa shape index (κ3) is 4.60. The smallest absolute Gasteiger partial charge is 0.298 e. The second kappa shape index (κ2) is 8.29. The average molecular weight is 458 g/mol. The van der Waals surface area contributed by atoms with Crippen molar-refractivity contribution in [3.8, 4) is 11.8 Å². The van der Waals surface area contributed by atoms with Crippen molar-refractivity contribution < 1.29 is 4.79 Å². The van der Waals surface area contributed by atoms with Gasteiger partial charge < -0.3 is 4.90 Å². The lowest BCUT2D eigenvalue weighted by atomic mass is 9.72. The lowest BCUT2D eigenvalue weighted by molar-refractivity contribution is -0.130. The van der Waals surface area contributed by atoms with Gasteiger partial charge in [0.1, 0.15) is 0 Å². The van der Waals surface area contributed by atoms with E-state index in [1.54, 1.807) is 0 Å². The standard InChI is InChI=1S/C23H22BrClN2O/c24-20-6-1-18(2-7-20)5-10-22(28)27-13-11-23(12-14-27)16-26(17-23)15-19-3-8-21(25)9-4-19/h1-4,6-9H,11-17H2. The first-order valence-corrected chi connectivity index (χ1v) is 10.7. The Kier molecular flexibility index (Phi) is 5.78. The van der Waals surface area contributed by atoms with Crippen molar-refractivity contribution in [3.63, 3.8) is 0 Å². The van der Waals surface area contributed by atoms with Gasteiger partial charge in [-0.15, -0.1) is 0 Å². The summed E-state index contributed by atoms with van der Waals surface area (Å²) in [5.74, 6) is 5.71. The number of nitrogens with zero attached hydrogens (tertiary/aromatic N) is 2. The van der Waals surface area contributed by atoms with Crippen molar-refractivity contribution >= 4 is 33.4 Å². The number of hydrogen-bond acceptors (Lipinski definition) is 2. The number of rotatable bonds is 2. The average Bonchev–Trinajstić information content (AvgIpc) is 2.68. The van der Waals surface area contributed by atoms with Gasteiger partial charge in [0.25, 0.3) is 5.91 Å². The largest absolute Gasteiger partial charge is 0.332 e. The van der Waals surface area contributed by atoms with E-state index in [2.05, 4.69) is 44.8 Å². The van der Waals surface area contributed by atoms with Crippen molar-refractivity contribution in [2.45, 2.75) is 19.4 Å². The highest BCUT2D eigenvalue weighted by Gasteiger charge is 2.44. The number of halogens is 2. The molecule has 2 aromatic carbocycles. The predicted octanol–water partition coefficient (Wildman–Crippen LogP) is 4.58. The molecule has 144 valence electrons. The molecule has 3 nitrogen and oxygen atoms in total. The first kappa shape index (κ1) is 19.5. The first-order valence-electron chi connectivity index (χ1n) is 9.55. The molecule has 2 aromatic rings. The molecule has 0 aromatic heterocycles. The van der Waals surface area contributed by atoms with Gasteiger partial charge in [0, 0.05) is 53.7 Å². The molecule has 2 saturated heterocycles. The number of carbonyl (C=O) groups excluding carboxylic acids is 1. The molecule has 0 saturated carbocycles. The third-order valence-electron chi connectivity index (χ3n) is 5.71. The van der Waals surface area contributed by atoms with E-state index in [1.807, 2.05) is 41.3 Å². The minimum Gasteiger partial charge on any atom is -0.332 e. The van der Waals surface area contributed by atoms with E-state index in [9.17, 15) is 4.79 Å². The zero-order chi connectivity index (χ0) is 19.6. The van der Waals surface area contributed by atoms with Crippen LogP contribution in [0.1, 0.15) is 24.0 Å². The number of carbonyl (C=O) groups is 1. The van der Waals surface area contributed by atoms with Crippen LogP contribution in [0.5, 0.6) is 0 Å². The van der Waals surface area contributed by atoms with Crippen LogP contribution in [-0.2, 0) is 11.3 Å². The predicted molar refractivity (Wildman–Crippen MR) is 116 cm³/mol. The highest BCUT2D eigenvalue weighted by Crippen LogP contribution is 2.41. The van der Waals surface area contributed by atoms with Gasteiger partial charge in [0.15, 0.2) is 0 Å². The van der Waals surface area contributed by atoms with Gasteiger partial charge in [0.2, 0.25) is 0 Å². The Morgan fingerprint density at radius 1 is 1.04 bits per heavy atom. The van der Waals surface area contributed by atoms with Crippen molar-refractivity contribution in [3.05, 3.63) is 69.2 Å². The van der Waals surface area contributed by atoms with Crippen LogP contribution in [0.15, 0.2) is 53.0 Å². The zero-order valence-corrected chi connectivity index (χ0v) is 18.0. The molecule has 1 spiro atoms. The lowest BCUT2D eigenvalue weighted by Crippen LogP contribution is -2.60. The van der Waals surface area contributed by atoms with Gasteiger partial charge in [-0.3, -0.25) is 9.69 Å². The van der Waals surface area contributed by atoms with Gasteiger partial charge in [-0.1, -0.05) is 45.6 Å². The summed E-state index contributed by atoms with van der Waals surface area (Å²) in [6, 6.07) is 15.8. The normalized spacial score (nSPS) is 18.3. The van der Waals surface area contributed by atoms with Crippen LogP contribution >= 0.6 is 27.5 Å². The summed E-state index contributed by atoms with van der Waals surface area (Å²) in [5, 5.41) is 0.782. The molecule has 0 unspecified atom stereocenters. The molecule has 28 heavy (non-hydrogen) atoms. The fraction of sp³-hybridized carbons (Fsp3) is 0.348. The topological polar surface area (TPSA) is 23.6 Å². The van der Waals surface area contributed by atoms with E-state index in [4.69, 9.17) is 11.6 Å². The maximum atomic E-state index is 12.4. The van der Waals surface area contributed by atoms with Crippen molar-refractivity contribution in [1.29, 1.82) is 0 Å². The molecular formula is C23H22BrClN2O. The van der Waals surface area contributed by atoms with Gasteiger partial charge in [-0.25, -0.2) is 0 Å². The Morgan fingerprint density at radius 2 is 1.68 bits per heavy atom. The van der Waals surface area contributed by atoms with Gasteiger partial charge in [-0.05, 0) is 60.2 Å². The maximum Gasteiger partial charge on any atom is 0.298 e.